The van der Waals surface area contributed by atoms with E-state index < -0.39 is 0 Å². The molecular weight excluding hydrogens is 316 g/mol. The minimum atomic E-state index is -0.0109. The Morgan fingerprint density at radius 1 is 1.17 bits per heavy atom. The molecule has 1 aliphatic rings. The molecule has 0 N–H and O–H groups in total. The summed E-state index contributed by atoms with van der Waals surface area (Å²) < 4.78 is 11.2. The lowest BCUT2D eigenvalue weighted by Crippen LogP contribution is -2.11. The molecule has 1 heterocycles. The molecule has 0 bridgehead atoms. The number of hydrogen-bond donors (Lipinski definition) is 0. The predicted octanol–water partition coefficient (Wildman–Crippen LogP) is 5.99. The molecule has 1 fully saturated rings. The largest absolute Gasteiger partial charge is 0.350 e. The summed E-state index contributed by atoms with van der Waals surface area (Å²) >= 11 is 1.94. The Kier molecular flexibility index (Phi) is 8.65. The minimum absolute atomic E-state index is 0.0109. The number of ether oxygens (including phenoxy) is 2. The topological polar surface area (TPSA) is 18.5 Å². The highest BCUT2D eigenvalue weighted by Crippen LogP contribution is 2.29. The monoisotopic (exact) mass is 346 g/mol. The third-order valence-corrected chi connectivity index (χ3v) is 5.19. The van der Waals surface area contributed by atoms with Crippen LogP contribution in [0.5, 0.6) is 0 Å². The van der Waals surface area contributed by atoms with Crippen LogP contribution in [-0.4, -0.2) is 24.8 Å². The zero-order valence-electron chi connectivity index (χ0n) is 15.2. The van der Waals surface area contributed by atoms with Gasteiger partial charge in [0.1, 0.15) is 0 Å². The van der Waals surface area contributed by atoms with Crippen LogP contribution in [0.1, 0.15) is 46.5 Å². The molecular formula is C21H30O2S. The predicted molar refractivity (Wildman–Crippen MR) is 103 cm³/mol. The summed E-state index contributed by atoms with van der Waals surface area (Å²) in [6, 6.07) is 10.7. The molecule has 1 aromatic rings. The maximum atomic E-state index is 5.59. The second-order valence-corrected chi connectivity index (χ2v) is 7.86. The Labute approximate surface area is 151 Å². The highest BCUT2D eigenvalue weighted by Gasteiger charge is 2.18. The van der Waals surface area contributed by atoms with E-state index in [1.807, 2.05) is 11.8 Å². The first-order valence-electron chi connectivity index (χ1n) is 8.89. The van der Waals surface area contributed by atoms with Gasteiger partial charge >= 0.3 is 0 Å². The van der Waals surface area contributed by atoms with Crippen molar-refractivity contribution >= 4 is 11.8 Å². The lowest BCUT2D eigenvalue weighted by Gasteiger charge is -2.16. The fourth-order valence-electron chi connectivity index (χ4n) is 2.71. The smallest absolute Gasteiger partial charge is 0.157 e. The maximum absolute atomic E-state index is 5.59. The molecule has 0 saturated carbocycles. The molecule has 0 amide bonds. The van der Waals surface area contributed by atoms with Crippen molar-refractivity contribution in [1.29, 1.82) is 0 Å². The first-order chi connectivity index (χ1) is 11.6. The summed E-state index contributed by atoms with van der Waals surface area (Å²) in [5.41, 5.74) is 2.86. The Balaban J connectivity index is 1.93. The van der Waals surface area contributed by atoms with Crippen molar-refractivity contribution in [2.24, 2.45) is 0 Å². The van der Waals surface area contributed by atoms with Crippen LogP contribution in [0.25, 0.3) is 0 Å². The fourth-order valence-corrected chi connectivity index (χ4v) is 3.93. The van der Waals surface area contributed by atoms with Gasteiger partial charge in [-0.15, -0.1) is 11.8 Å². The van der Waals surface area contributed by atoms with Gasteiger partial charge < -0.3 is 9.47 Å². The quantitative estimate of drug-likeness (QED) is 0.404. The van der Waals surface area contributed by atoms with Crippen LogP contribution in [0.15, 0.2) is 58.5 Å². The van der Waals surface area contributed by atoms with Crippen molar-refractivity contribution in [2.75, 3.05) is 13.2 Å². The van der Waals surface area contributed by atoms with E-state index in [1.54, 1.807) is 0 Å². The van der Waals surface area contributed by atoms with E-state index in [9.17, 15) is 0 Å². The highest BCUT2D eigenvalue weighted by atomic mass is 32.2. The molecule has 0 aromatic heterocycles. The molecule has 1 saturated heterocycles. The third-order valence-electron chi connectivity index (χ3n) is 3.97. The van der Waals surface area contributed by atoms with Gasteiger partial charge in [-0.2, -0.15) is 0 Å². The van der Waals surface area contributed by atoms with Crippen LogP contribution in [-0.2, 0) is 9.47 Å². The van der Waals surface area contributed by atoms with Gasteiger partial charge in [-0.3, -0.25) is 0 Å². The molecule has 1 unspecified atom stereocenters. The van der Waals surface area contributed by atoms with E-state index in [0.29, 0.717) is 5.25 Å². The summed E-state index contributed by atoms with van der Waals surface area (Å²) in [7, 11) is 0. The number of allylic oxidation sites excluding steroid dienone is 3. The molecule has 2 nitrogen and oxygen atoms in total. The Hall–Kier alpha value is -1.03. The summed E-state index contributed by atoms with van der Waals surface area (Å²) in [5, 5.41) is 0.465. The van der Waals surface area contributed by atoms with Gasteiger partial charge in [-0.25, -0.2) is 0 Å². The van der Waals surface area contributed by atoms with Crippen LogP contribution in [0, 0.1) is 0 Å². The SMILES string of the molecule is CC(C)=CCC/C(C)=C\C(CCC1OCCO1)Sc1ccccc1. The molecule has 0 aliphatic carbocycles. The Bertz CT molecular complexity index is 526. The lowest BCUT2D eigenvalue weighted by molar-refractivity contribution is -0.0472. The normalized spacial score (nSPS) is 17.0. The summed E-state index contributed by atoms with van der Waals surface area (Å²) in [5.74, 6) is 0. The third kappa shape index (κ3) is 7.69. The van der Waals surface area contributed by atoms with Gasteiger partial charge in [0.15, 0.2) is 6.29 Å². The first kappa shape index (κ1) is 19.3. The number of hydrogen-bond acceptors (Lipinski definition) is 3. The van der Waals surface area contributed by atoms with E-state index >= 15 is 0 Å². The number of rotatable bonds is 9. The second kappa shape index (κ2) is 10.8. The van der Waals surface area contributed by atoms with Crippen LogP contribution in [0.2, 0.25) is 0 Å². The zero-order chi connectivity index (χ0) is 17.2. The number of thioether (sulfide) groups is 1. The fraction of sp³-hybridized carbons (Fsp3) is 0.524. The summed E-state index contributed by atoms with van der Waals surface area (Å²) in [6.07, 6.45) is 9.04. The standard InChI is InChI=1S/C21H30O2S/c1-17(2)8-7-9-18(3)16-20(12-13-21-22-14-15-23-21)24-19-10-5-4-6-11-19/h4-6,8,10-11,16,20-21H,7,9,12-15H2,1-3H3/b18-16-. The molecule has 0 radical (unpaired) electrons. The van der Waals surface area contributed by atoms with Crippen LogP contribution in [0.4, 0.5) is 0 Å². The van der Waals surface area contributed by atoms with Crippen molar-refractivity contribution in [2.45, 2.75) is 62.9 Å². The van der Waals surface area contributed by atoms with Gasteiger partial charge in [0.25, 0.3) is 0 Å². The van der Waals surface area contributed by atoms with Crippen LogP contribution in [0.3, 0.4) is 0 Å². The zero-order valence-corrected chi connectivity index (χ0v) is 16.0. The van der Waals surface area contributed by atoms with Gasteiger partial charge in [-0.05, 0) is 58.6 Å². The Morgan fingerprint density at radius 2 is 1.88 bits per heavy atom. The lowest BCUT2D eigenvalue weighted by atomic mass is 10.1. The van der Waals surface area contributed by atoms with E-state index in [-0.39, 0.29) is 6.29 Å². The van der Waals surface area contributed by atoms with Gasteiger partial charge in [0.05, 0.1) is 13.2 Å². The molecule has 24 heavy (non-hydrogen) atoms. The first-order valence-corrected chi connectivity index (χ1v) is 9.77. The van der Waals surface area contributed by atoms with Crippen molar-refractivity contribution in [3.8, 4) is 0 Å². The Morgan fingerprint density at radius 3 is 2.54 bits per heavy atom. The highest BCUT2D eigenvalue weighted by molar-refractivity contribution is 8.00. The molecule has 1 atom stereocenters. The molecule has 1 aromatic carbocycles. The average Bonchev–Trinajstić information content (AvgIpc) is 3.06. The molecule has 1 aliphatic heterocycles. The average molecular weight is 347 g/mol. The minimum Gasteiger partial charge on any atom is -0.350 e. The van der Waals surface area contributed by atoms with Crippen molar-refractivity contribution in [1.82, 2.24) is 0 Å². The molecule has 0 spiro atoms. The van der Waals surface area contributed by atoms with Crippen molar-refractivity contribution in [3.63, 3.8) is 0 Å². The van der Waals surface area contributed by atoms with E-state index in [4.69, 9.17) is 9.47 Å². The molecule has 3 heteroatoms. The van der Waals surface area contributed by atoms with Gasteiger partial charge in [0, 0.05) is 10.1 Å². The van der Waals surface area contributed by atoms with E-state index in [2.05, 4.69) is 63.3 Å². The maximum Gasteiger partial charge on any atom is 0.157 e. The van der Waals surface area contributed by atoms with Crippen LogP contribution < -0.4 is 0 Å². The number of benzene rings is 1. The summed E-state index contributed by atoms with van der Waals surface area (Å²) in [6.45, 7) is 8.04. The summed E-state index contributed by atoms with van der Waals surface area (Å²) in [4.78, 5) is 1.32. The van der Waals surface area contributed by atoms with Crippen molar-refractivity contribution in [3.05, 3.63) is 53.6 Å². The van der Waals surface area contributed by atoms with Gasteiger partial charge in [-0.1, -0.05) is 41.5 Å². The van der Waals surface area contributed by atoms with Gasteiger partial charge in [0.2, 0.25) is 0 Å². The molecule has 2 rings (SSSR count). The van der Waals surface area contributed by atoms with E-state index in [0.717, 1.165) is 38.9 Å². The van der Waals surface area contributed by atoms with Crippen LogP contribution >= 0.6 is 11.8 Å². The molecule has 132 valence electrons. The van der Waals surface area contributed by atoms with E-state index in [1.165, 1.54) is 16.0 Å². The van der Waals surface area contributed by atoms with Crippen molar-refractivity contribution < 1.29 is 9.47 Å². The second-order valence-electron chi connectivity index (χ2n) is 6.55.